The fourth-order valence-electron chi connectivity index (χ4n) is 1.52. The maximum Gasteiger partial charge on any atom is 0.242 e. The Labute approximate surface area is 133 Å². The van der Waals surface area contributed by atoms with Crippen molar-refractivity contribution >= 4 is 37.3 Å². The minimum absolute atomic E-state index is 0.164. The molecule has 1 aromatic heterocycles. The van der Waals surface area contributed by atoms with Crippen molar-refractivity contribution < 1.29 is 13.2 Å². The van der Waals surface area contributed by atoms with Gasteiger partial charge in [-0.3, -0.25) is 0 Å². The monoisotopic (exact) mass is 384 g/mol. The van der Waals surface area contributed by atoms with E-state index in [9.17, 15) is 8.42 Å². The minimum atomic E-state index is -3.52. The third-order valence-electron chi connectivity index (χ3n) is 2.92. The topological polar surface area (TPSA) is 81.4 Å². The van der Waals surface area contributed by atoms with E-state index in [0.717, 1.165) is 11.3 Å². The molecule has 0 aromatic carbocycles. The van der Waals surface area contributed by atoms with Gasteiger partial charge in [0.15, 0.2) is 0 Å². The van der Waals surface area contributed by atoms with Crippen LogP contribution in [0.15, 0.2) is 14.7 Å². The number of rotatable bonds is 8. The maximum atomic E-state index is 12.3. The largest absolute Gasteiger partial charge is 0.385 e. The summed E-state index contributed by atoms with van der Waals surface area (Å²) in [6.45, 7) is 5.30. The predicted molar refractivity (Wildman–Crippen MR) is 85.4 cm³/mol. The van der Waals surface area contributed by atoms with E-state index in [1.165, 1.54) is 11.3 Å². The van der Waals surface area contributed by atoms with E-state index in [1.807, 2.05) is 13.8 Å². The van der Waals surface area contributed by atoms with Gasteiger partial charge in [-0.15, -0.1) is 11.3 Å². The first-order chi connectivity index (χ1) is 9.22. The van der Waals surface area contributed by atoms with Gasteiger partial charge in [0, 0.05) is 31.7 Å². The molecule has 3 N–H and O–H groups in total. The van der Waals surface area contributed by atoms with Gasteiger partial charge in [-0.2, -0.15) is 0 Å². The van der Waals surface area contributed by atoms with Gasteiger partial charge in [0.25, 0.3) is 0 Å². The third-order valence-corrected chi connectivity index (χ3v) is 6.60. The molecule has 1 heterocycles. The van der Waals surface area contributed by atoms with Gasteiger partial charge in [0.05, 0.1) is 3.79 Å². The van der Waals surface area contributed by atoms with E-state index in [0.29, 0.717) is 23.5 Å². The molecular formula is C12H21BrN2O3S2. The Morgan fingerprint density at radius 3 is 2.65 bits per heavy atom. The predicted octanol–water partition coefficient (Wildman–Crippen LogP) is 2.31. The molecule has 20 heavy (non-hydrogen) atoms. The molecule has 0 bridgehead atoms. The summed E-state index contributed by atoms with van der Waals surface area (Å²) in [7, 11) is -1.89. The molecule has 8 heteroatoms. The third kappa shape index (κ3) is 5.09. The number of nitrogens with one attached hydrogen (secondary N) is 1. The summed E-state index contributed by atoms with van der Waals surface area (Å²) in [5, 5.41) is 0. The highest BCUT2D eigenvalue weighted by Crippen LogP contribution is 2.31. The lowest BCUT2D eigenvalue weighted by Gasteiger charge is -2.24. The van der Waals surface area contributed by atoms with Gasteiger partial charge in [-0.1, -0.05) is 13.8 Å². The first-order valence-electron chi connectivity index (χ1n) is 6.19. The Hall–Kier alpha value is 0.01000. The van der Waals surface area contributed by atoms with E-state index in [4.69, 9.17) is 10.5 Å². The van der Waals surface area contributed by atoms with Crippen molar-refractivity contribution in [3.8, 4) is 0 Å². The van der Waals surface area contributed by atoms with Gasteiger partial charge in [0.1, 0.15) is 4.90 Å². The van der Waals surface area contributed by atoms with Crippen molar-refractivity contribution in [1.29, 1.82) is 0 Å². The van der Waals surface area contributed by atoms with Crippen LogP contribution in [0.5, 0.6) is 0 Å². The Balaban J connectivity index is 2.77. The minimum Gasteiger partial charge on any atom is -0.385 e. The summed E-state index contributed by atoms with van der Waals surface area (Å²) >= 11 is 4.62. The van der Waals surface area contributed by atoms with Crippen LogP contribution in [0.1, 0.15) is 25.1 Å². The van der Waals surface area contributed by atoms with E-state index in [1.54, 1.807) is 13.2 Å². The zero-order chi connectivity index (χ0) is 15.4. The van der Waals surface area contributed by atoms with Crippen LogP contribution in [0.2, 0.25) is 0 Å². The number of nitrogens with two attached hydrogens (primary N) is 1. The van der Waals surface area contributed by atoms with E-state index in [2.05, 4.69) is 20.7 Å². The normalized spacial score (nSPS) is 12.8. The molecule has 1 rings (SSSR count). The molecule has 0 radical (unpaired) electrons. The lowest BCUT2D eigenvalue weighted by Crippen LogP contribution is -2.34. The highest BCUT2D eigenvalue weighted by Gasteiger charge is 2.25. The second-order valence-corrected chi connectivity index (χ2v) is 9.48. The first kappa shape index (κ1) is 18.1. The number of ether oxygens (including phenoxy) is 1. The van der Waals surface area contributed by atoms with Gasteiger partial charge >= 0.3 is 0 Å². The Morgan fingerprint density at radius 1 is 1.50 bits per heavy atom. The SMILES string of the molecule is COCCC(C)(C)CNS(=O)(=O)c1cc(CN)sc1Br. The highest BCUT2D eigenvalue weighted by atomic mass is 79.9. The molecule has 5 nitrogen and oxygen atoms in total. The van der Waals surface area contributed by atoms with Gasteiger partial charge in [-0.25, -0.2) is 13.1 Å². The Bertz CT molecular complexity index is 541. The van der Waals surface area contributed by atoms with Crippen molar-refractivity contribution in [3.63, 3.8) is 0 Å². The van der Waals surface area contributed by atoms with Crippen LogP contribution < -0.4 is 10.5 Å². The molecule has 116 valence electrons. The summed E-state index contributed by atoms with van der Waals surface area (Å²) in [5.74, 6) is 0. The van der Waals surface area contributed by atoms with Crippen LogP contribution in [0, 0.1) is 5.41 Å². The first-order valence-corrected chi connectivity index (χ1v) is 9.28. The molecule has 0 saturated carbocycles. The summed E-state index contributed by atoms with van der Waals surface area (Å²) in [6, 6.07) is 1.61. The Morgan fingerprint density at radius 2 is 2.15 bits per heavy atom. The number of halogens is 1. The van der Waals surface area contributed by atoms with Crippen molar-refractivity contribution in [2.75, 3.05) is 20.3 Å². The van der Waals surface area contributed by atoms with Crippen LogP contribution in [-0.4, -0.2) is 28.7 Å². The van der Waals surface area contributed by atoms with Crippen molar-refractivity contribution in [2.45, 2.75) is 31.7 Å². The van der Waals surface area contributed by atoms with Crippen LogP contribution in [0.3, 0.4) is 0 Å². The molecule has 0 unspecified atom stereocenters. The van der Waals surface area contributed by atoms with Crippen molar-refractivity contribution in [1.82, 2.24) is 4.72 Å². The summed E-state index contributed by atoms with van der Waals surface area (Å²) in [5.41, 5.74) is 5.37. The number of hydrogen-bond donors (Lipinski definition) is 2. The Kier molecular flexibility index (Phi) is 6.62. The fraction of sp³-hybridized carbons (Fsp3) is 0.667. The molecule has 0 spiro atoms. The van der Waals surface area contributed by atoms with E-state index >= 15 is 0 Å². The van der Waals surface area contributed by atoms with Crippen molar-refractivity contribution in [3.05, 3.63) is 14.7 Å². The summed E-state index contributed by atoms with van der Waals surface area (Å²) in [6.07, 6.45) is 0.783. The molecule has 0 fully saturated rings. The van der Waals surface area contributed by atoms with Crippen LogP contribution in [-0.2, 0) is 21.3 Å². The smallest absolute Gasteiger partial charge is 0.242 e. The van der Waals surface area contributed by atoms with Gasteiger partial charge in [0.2, 0.25) is 10.0 Å². The average molecular weight is 385 g/mol. The van der Waals surface area contributed by atoms with Gasteiger partial charge in [-0.05, 0) is 33.8 Å². The standard InChI is InChI=1S/C12H21BrN2O3S2/c1-12(2,4-5-18-3)8-15-20(16,17)10-6-9(7-14)19-11(10)13/h6,15H,4-5,7-8,14H2,1-3H3. The number of hydrogen-bond acceptors (Lipinski definition) is 5. The number of sulfonamides is 1. The lowest BCUT2D eigenvalue weighted by atomic mass is 9.90. The fourth-order valence-corrected chi connectivity index (χ4v) is 5.32. The van der Waals surface area contributed by atoms with Gasteiger partial charge < -0.3 is 10.5 Å². The van der Waals surface area contributed by atoms with E-state index in [-0.39, 0.29) is 10.3 Å². The molecule has 0 aliphatic carbocycles. The zero-order valence-corrected chi connectivity index (χ0v) is 15.1. The van der Waals surface area contributed by atoms with Crippen LogP contribution in [0.25, 0.3) is 0 Å². The van der Waals surface area contributed by atoms with Crippen LogP contribution >= 0.6 is 27.3 Å². The van der Waals surface area contributed by atoms with Crippen LogP contribution in [0.4, 0.5) is 0 Å². The maximum absolute atomic E-state index is 12.3. The molecule has 0 saturated heterocycles. The van der Waals surface area contributed by atoms with Crippen molar-refractivity contribution in [2.24, 2.45) is 11.1 Å². The average Bonchev–Trinajstić information content (AvgIpc) is 2.77. The van der Waals surface area contributed by atoms with E-state index < -0.39 is 10.0 Å². The highest BCUT2D eigenvalue weighted by molar-refractivity contribution is 9.11. The molecule has 0 atom stereocenters. The molecule has 0 amide bonds. The molecule has 0 aliphatic rings. The zero-order valence-electron chi connectivity index (χ0n) is 11.9. The number of thiophene rings is 1. The molecular weight excluding hydrogens is 364 g/mol. The quantitative estimate of drug-likeness (QED) is 0.720. The summed E-state index contributed by atoms with van der Waals surface area (Å²) < 4.78 is 32.9. The lowest BCUT2D eigenvalue weighted by molar-refractivity contribution is 0.153. The number of methoxy groups -OCH3 is 1. The molecule has 0 aliphatic heterocycles. The second-order valence-electron chi connectivity index (χ2n) is 5.29. The molecule has 1 aromatic rings. The summed E-state index contributed by atoms with van der Waals surface area (Å²) in [4.78, 5) is 1.08. The second kappa shape index (κ2) is 7.33.